The van der Waals surface area contributed by atoms with Crippen LogP contribution in [0.4, 0.5) is 11.4 Å². The standard InChI is InChI=1S/C14H20BrN3O3/c1-11-9-13(12(15)10-14(11)18(19)20)16-3-2-4-17-5-7-21-8-6-17/h9-10,16H,2-8H2,1H3. The Morgan fingerprint density at radius 1 is 1.43 bits per heavy atom. The molecule has 2 rings (SSSR count). The van der Waals surface area contributed by atoms with Crippen LogP contribution in [-0.4, -0.2) is 49.2 Å². The molecule has 21 heavy (non-hydrogen) atoms. The van der Waals surface area contributed by atoms with Crippen LogP contribution < -0.4 is 5.32 Å². The third-order valence-electron chi connectivity index (χ3n) is 3.55. The van der Waals surface area contributed by atoms with Gasteiger partial charge in [0.05, 0.1) is 18.1 Å². The number of morpholine rings is 1. The lowest BCUT2D eigenvalue weighted by atomic mass is 10.2. The fourth-order valence-electron chi connectivity index (χ4n) is 2.35. The molecule has 0 radical (unpaired) electrons. The summed E-state index contributed by atoms with van der Waals surface area (Å²) in [7, 11) is 0. The quantitative estimate of drug-likeness (QED) is 0.481. The number of rotatable bonds is 6. The zero-order valence-electron chi connectivity index (χ0n) is 12.1. The summed E-state index contributed by atoms with van der Waals surface area (Å²) in [5.74, 6) is 0. The molecule has 0 aliphatic carbocycles. The third kappa shape index (κ3) is 4.66. The minimum absolute atomic E-state index is 0.140. The fraction of sp³-hybridized carbons (Fsp3) is 0.571. The van der Waals surface area contributed by atoms with Crippen molar-refractivity contribution in [2.75, 3.05) is 44.7 Å². The minimum Gasteiger partial charge on any atom is -0.384 e. The molecule has 1 fully saturated rings. The molecule has 1 aromatic rings. The van der Waals surface area contributed by atoms with Gasteiger partial charge in [-0.2, -0.15) is 0 Å². The van der Waals surface area contributed by atoms with Gasteiger partial charge >= 0.3 is 0 Å². The second kappa shape index (κ2) is 7.72. The van der Waals surface area contributed by atoms with E-state index in [1.54, 1.807) is 13.0 Å². The molecule has 0 unspecified atom stereocenters. The maximum absolute atomic E-state index is 10.9. The van der Waals surface area contributed by atoms with Gasteiger partial charge in [0.2, 0.25) is 0 Å². The van der Waals surface area contributed by atoms with Crippen molar-refractivity contribution in [3.63, 3.8) is 0 Å². The van der Waals surface area contributed by atoms with E-state index in [0.29, 0.717) is 5.56 Å². The molecule has 1 aromatic carbocycles. The van der Waals surface area contributed by atoms with Gasteiger partial charge in [-0.05, 0) is 41.9 Å². The Morgan fingerprint density at radius 3 is 2.81 bits per heavy atom. The Hall–Kier alpha value is -1.18. The Kier molecular flexibility index (Phi) is 5.96. The van der Waals surface area contributed by atoms with Crippen molar-refractivity contribution >= 4 is 27.3 Å². The summed E-state index contributed by atoms with van der Waals surface area (Å²) in [6.07, 6.45) is 1.03. The van der Waals surface area contributed by atoms with Crippen LogP contribution in [0.15, 0.2) is 16.6 Å². The van der Waals surface area contributed by atoms with Gasteiger partial charge in [-0.15, -0.1) is 0 Å². The zero-order valence-corrected chi connectivity index (χ0v) is 13.7. The summed E-state index contributed by atoms with van der Waals surface area (Å²) in [4.78, 5) is 12.9. The van der Waals surface area contributed by atoms with Crippen molar-refractivity contribution in [2.45, 2.75) is 13.3 Å². The van der Waals surface area contributed by atoms with Gasteiger partial charge in [0.15, 0.2) is 0 Å². The number of nitrogens with zero attached hydrogens (tertiary/aromatic N) is 2. The number of hydrogen-bond acceptors (Lipinski definition) is 5. The molecule has 0 spiro atoms. The van der Waals surface area contributed by atoms with Gasteiger partial charge in [-0.3, -0.25) is 15.0 Å². The first kappa shape index (κ1) is 16.2. The predicted molar refractivity (Wildman–Crippen MR) is 85.9 cm³/mol. The zero-order chi connectivity index (χ0) is 15.2. The molecule has 116 valence electrons. The highest BCUT2D eigenvalue weighted by Gasteiger charge is 2.14. The van der Waals surface area contributed by atoms with Crippen LogP contribution in [0.1, 0.15) is 12.0 Å². The minimum atomic E-state index is -0.359. The second-order valence-corrected chi connectivity index (χ2v) is 5.96. The summed E-state index contributed by atoms with van der Waals surface area (Å²) < 4.78 is 6.04. The van der Waals surface area contributed by atoms with E-state index in [-0.39, 0.29) is 10.6 Å². The molecule has 0 aromatic heterocycles. The summed E-state index contributed by atoms with van der Waals surface area (Å²) in [5.41, 5.74) is 1.71. The highest BCUT2D eigenvalue weighted by atomic mass is 79.9. The number of halogens is 1. The van der Waals surface area contributed by atoms with E-state index < -0.39 is 0 Å². The highest BCUT2D eigenvalue weighted by Crippen LogP contribution is 2.30. The number of nitro benzene ring substituents is 1. The van der Waals surface area contributed by atoms with Crippen LogP contribution in [0.3, 0.4) is 0 Å². The van der Waals surface area contributed by atoms with Crippen LogP contribution in [0.5, 0.6) is 0 Å². The van der Waals surface area contributed by atoms with Gasteiger partial charge in [0.25, 0.3) is 5.69 Å². The van der Waals surface area contributed by atoms with Gasteiger partial charge in [0, 0.05) is 41.4 Å². The summed E-state index contributed by atoms with van der Waals surface area (Å²) in [6, 6.07) is 3.37. The molecule has 0 bridgehead atoms. The Morgan fingerprint density at radius 2 is 2.14 bits per heavy atom. The van der Waals surface area contributed by atoms with Gasteiger partial charge in [-0.25, -0.2) is 0 Å². The average Bonchev–Trinajstić information content (AvgIpc) is 2.47. The van der Waals surface area contributed by atoms with Crippen molar-refractivity contribution in [1.82, 2.24) is 4.90 Å². The average molecular weight is 358 g/mol. The number of hydrogen-bond donors (Lipinski definition) is 1. The molecule has 0 atom stereocenters. The maximum atomic E-state index is 10.9. The number of anilines is 1. The van der Waals surface area contributed by atoms with Gasteiger partial charge in [-0.1, -0.05) is 0 Å². The topological polar surface area (TPSA) is 67.6 Å². The lowest BCUT2D eigenvalue weighted by Gasteiger charge is -2.26. The smallest absolute Gasteiger partial charge is 0.273 e. The van der Waals surface area contributed by atoms with Crippen LogP contribution in [-0.2, 0) is 4.74 Å². The normalized spacial score (nSPS) is 15.9. The van der Waals surface area contributed by atoms with Crippen molar-refractivity contribution < 1.29 is 9.66 Å². The molecule has 0 saturated carbocycles. The van der Waals surface area contributed by atoms with E-state index in [9.17, 15) is 10.1 Å². The first-order chi connectivity index (χ1) is 10.1. The highest BCUT2D eigenvalue weighted by molar-refractivity contribution is 9.10. The molecular formula is C14H20BrN3O3. The van der Waals surface area contributed by atoms with Crippen molar-refractivity contribution in [3.05, 3.63) is 32.3 Å². The Balaban J connectivity index is 1.82. The van der Waals surface area contributed by atoms with Crippen LogP contribution >= 0.6 is 15.9 Å². The number of ether oxygens (including phenoxy) is 1. The van der Waals surface area contributed by atoms with Crippen molar-refractivity contribution in [1.29, 1.82) is 0 Å². The molecule has 1 heterocycles. The predicted octanol–water partition coefficient (Wildman–Crippen LogP) is 2.80. The summed E-state index contributed by atoms with van der Waals surface area (Å²) in [5, 5.41) is 14.2. The van der Waals surface area contributed by atoms with E-state index in [1.807, 2.05) is 6.07 Å². The molecule has 7 heteroatoms. The van der Waals surface area contributed by atoms with E-state index in [0.717, 1.165) is 56.0 Å². The van der Waals surface area contributed by atoms with Crippen LogP contribution in [0.2, 0.25) is 0 Å². The molecular weight excluding hydrogens is 338 g/mol. The van der Waals surface area contributed by atoms with Crippen LogP contribution in [0.25, 0.3) is 0 Å². The van der Waals surface area contributed by atoms with Gasteiger partial charge in [0.1, 0.15) is 0 Å². The number of nitrogens with one attached hydrogen (secondary N) is 1. The molecule has 0 amide bonds. The second-order valence-electron chi connectivity index (χ2n) is 5.11. The van der Waals surface area contributed by atoms with E-state index in [2.05, 4.69) is 26.1 Å². The Labute approximate surface area is 132 Å². The molecule has 1 aliphatic rings. The lowest BCUT2D eigenvalue weighted by Crippen LogP contribution is -2.37. The van der Waals surface area contributed by atoms with Crippen molar-refractivity contribution in [3.8, 4) is 0 Å². The summed E-state index contributed by atoms with van der Waals surface area (Å²) in [6.45, 7) is 7.28. The van der Waals surface area contributed by atoms with E-state index in [1.165, 1.54) is 0 Å². The van der Waals surface area contributed by atoms with E-state index >= 15 is 0 Å². The number of aryl methyl sites for hydroxylation is 1. The SMILES string of the molecule is Cc1cc(NCCCN2CCOCC2)c(Br)cc1[N+](=O)[O-]. The monoisotopic (exact) mass is 357 g/mol. The number of benzene rings is 1. The van der Waals surface area contributed by atoms with Crippen molar-refractivity contribution in [2.24, 2.45) is 0 Å². The first-order valence-electron chi connectivity index (χ1n) is 7.06. The molecule has 1 N–H and O–H groups in total. The third-order valence-corrected chi connectivity index (χ3v) is 4.21. The number of nitro groups is 1. The van der Waals surface area contributed by atoms with E-state index in [4.69, 9.17) is 4.74 Å². The Bertz CT molecular complexity index is 504. The molecule has 6 nitrogen and oxygen atoms in total. The van der Waals surface area contributed by atoms with Crippen LogP contribution in [0, 0.1) is 17.0 Å². The summed E-state index contributed by atoms with van der Waals surface area (Å²) >= 11 is 3.38. The molecule has 1 saturated heterocycles. The molecule has 1 aliphatic heterocycles. The largest absolute Gasteiger partial charge is 0.384 e. The fourth-order valence-corrected chi connectivity index (χ4v) is 2.83. The van der Waals surface area contributed by atoms with Gasteiger partial charge < -0.3 is 10.1 Å². The maximum Gasteiger partial charge on any atom is 0.273 e. The first-order valence-corrected chi connectivity index (χ1v) is 7.86. The lowest BCUT2D eigenvalue weighted by molar-refractivity contribution is -0.385.